The summed E-state index contributed by atoms with van der Waals surface area (Å²) in [5, 5.41) is 3.28. The number of amides is 2. The largest absolute Gasteiger partial charge is 0.427 e. The van der Waals surface area contributed by atoms with Gasteiger partial charge in [-0.25, -0.2) is 9.18 Å². The van der Waals surface area contributed by atoms with E-state index in [-0.39, 0.29) is 11.4 Å². The smallest absolute Gasteiger partial charge is 0.415 e. The molecule has 1 aromatic heterocycles. The number of imide groups is 1. The molecular weight excluding hydrogens is 363 g/mol. The van der Waals surface area contributed by atoms with Gasteiger partial charge in [-0.1, -0.05) is 38.1 Å². The monoisotopic (exact) mass is 380 g/mol. The number of hydrogen-bond donors (Lipinski definition) is 2. The Kier molecular flexibility index (Phi) is 4.03. The van der Waals surface area contributed by atoms with Gasteiger partial charge in [0.2, 0.25) is 5.60 Å². The lowest BCUT2D eigenvalue weighted by molar-refractivity contribution is -0.136. The number of aromatic nitrogens is 1. The summed E-state index contributed by atoms with van der Waals surface area (Å²) < 4.78 is 19.3. The summed E-state index contributed by atoms with van der Waals surface area (Å²) in [5.74, 6) is -1.48. The van der Waals surface area contributed by atoms with Crippen molar-refractivity contribution >= 4 is 22.8 Å². The minimum absolute atomic E-state index is 0.0431. The van der Waals surface area contributed by atoms with Gasteiger partial charge >= 0.3 is 6.09 Å². The molecular formula is C21H17FN2O4. The van der Waals surface area contributed by atoms with Crippen LogP contribution in [0.3, 0.4) is 0 Å². The van der Waals surface area contributed by atoms with E-state index in [1.54, 1.807) is 50.2 Å². The minimum Gasteiger partial charge on any atom is -0.427 e. The van der Waals surface area contributed by atoms with E-state index >= 15 is 0 Å². The molecule has 1 aliphatic rings. The third-order valence-corrected chi connectivity index (χ3v) is 5.07. The fraction of sp³-hybridized carbons (Fsp3) is 0.190. The zero-order valence-corrected chi connectivity index (χ0v) is 15.2. The first-order valence-electron chi connectivity index (χ1n) is 8.80. The minimum atomic E-state index is -1.68. The van der Waals surface area contributed by atoms with Crippen LogP contribution >= 0.6 is 0 Å². The summed E-state index contributed by atoms with van der Waals surface area (Å²) in [5.41, 5.74) is -1.11. The Morgan fingerprint density at radius 3 is 2.46 bits per heavy atom. The number of aromatic amines is 1. The van der Waals surface area contributed by atoms with Crippen LogP contribution < -0.4 is 10.9 Å². The van der Waals surface area contributed by atoms with Crippen molar-refractivity contribution in [3.8, 4) is 11.3 Å². The maximum absolute atomic E-state index is 14.1. The highest BCUT2D eigenvalue weighted by Gasteiger charge is 2.54. The van der Waals surface area contributed by atoms with E-state index in [4.69, 9.17) is 4.74 Å². The molecule has 1 aliphatic heterocycles. The Bertz CT molecular complexity index is 1180. The molecule has 0 radical (unpaired) electrons. The molecule has 1 atom stereocenters. The SMILES string of the molecule is CC(C)[C@@]1(c2ccc(-c3ccc4cccc(F)c4c3)[nH]c2=O)OC(=O)NC1=O. The van der Waals surface area contributed by atoms with Crippen molar-refractivity contribution in [2.24, 2.45) is 5.92 Å². The third-order valence-electron chi connectivity index (χ3n) is 5.07. The molecule has 2 amide bonds. The molecule has 2 aromatic carbocycles. The zero-order chi connectivity index (χ0) is 20.1. The van der Waals surface area contributed by atoms with E-state index in [0.29, 0.717) is 16.6 Å². The van der Waals surface area contributed by atoms with Crippen molar-refractivity contribution in [3.05, 3.63) is 70.3 Å². The van der Waals surface area contributed by atoms with Crippen LogP contribution in [0, 0.1) is 11.7 Å². The van der Waals surface area contributed by atoms with Gasteiger partial charge < -0.3 is 9.72 Å². The van der Waals surface area contributed by atoms with Crippen LogP contribution in [-0.2, 0) is 15.1 Å². The number of rotatable bonds is 3. The Hall–Kier alpha value is -3.48. The summed E-state index contributed by atoms with van der Waals surface area (Å²) in [6.45, 7) is 3.38. The molecule has 1 saturated heterocycles. The van der Waals surface area contributed by atoms with Crippen molar-refractivity contribution in [3.63, 3.8) is 0 Å². The molecule has 3 aromatic rings. The summed E-state index contributed by atoms with van der Waals surface area (Å²) in [6, 6.07) is 13.1. The maximum Gasteiger partial charge on any atom is 0.415 e. The molecule has 0 aliphatic carbocycles. The van der Waals surface area contributed by atoms with Gasteiger partial charge in [0, 0.05) is 17.0 Å². The molecule has 0 unspecified atom stereocenters. The van der Waals surface area contributed by atoms with Gasteiger partial charge in [-0.05, 0) is 35.2 Å². The second kappa shape index (κ2) is 6.30. The number of H-pyrrole nitrogens is 1. The Balaban J connectivity index is 1.83. The Morgan fingerprint density at radius 1 is 1.04 bits per heavy atom. The van der Waals surface area contributed by atoms with E-state index < -0.39 is 29.1 Å². The molecule has 2 N–H and O–H groups in total. The van der Waals surface area contributed by atoms with Gasteiger partial charge in [0.25, 0.3) is 11.5 Å². The van der Waals surface area contributed by atoms with Crippen molar-refractivity contribution in [1.29, 1.82) is 0 Å². The first-order valence-corrected chi connectivity index (χ1v) is 8.80. The summed E-state index contributed by atoms with van der Waals surface area (Å²) in [4.78, 5) is 39.5. The van der Waals surface area contributed by atoms with Crippen LogP contribution in [-0.4, -0.2) is 17.0 Å². The number of pyridine rings is 1. The van der Waals surface area contributed by atoms with E-state index in [0.717, 1.165) is 5.39 Å². The lowest BCUT2D eigenvalue weighted by atomic mass is 9.83. The van der Waals surface area contributed by atoms with Crippen LogP contribution in [0.15, 0.2) is 53.3 Å². The van der Waals surface area contributed by atoms with Crippen molar-refractivity contribution in [1.82, 2.24) is 10.3 Å². The van der Waals surface area contributed by atoms with Gasteiger partial charge in [-0.2, -0.15) is 0 Å². The standard InChI is InChI=1S/C21H17FN2O4/c1-11(2)21(19(26)24-20(27)28-21)15-8-9-17(23-18(15)25)13-7-6-12-4-3-5-16(22)14(12)10-13/h3-11H,1-2H3,(H,23,25)(H,24,26,27)/t21-/m0/s1. The first kappa shape index (κ1) is 17.9. The van der Waals surface area contributed by atoms with Gasteiger partial charge in [0.1, 0.15) is 5.82 Å². The lowest BCUT2D eigenvalue weighted by Gasteiger charge is -2.28. The highest BCUT2D eigenvalue weighted by molar-refractivity contribution is 6.03. The quantitative estimate of drug-likeness (QED) is 0.728. The van der Waals surface area contributed by atoms with Gasteiger partial charge in [0.05, 0.1) is 5.56 Å². The number of hydrogen-bond acceptors (Lipinski definition) is 4. The topological polar surface area (TPSA) is 88.3 Å². The molecule has 7 heteroatoms. The Morgan fingerprint density at radius 2 is 1.82 bits per heavy atom. The number of cyclic esters (lactones) is 1. The van der Waals surface area contributed by atoms with Crippen LogP contribution in [0.5, 0.6) is 0 Å². The molecule has 0 saturated carbocycles. The van der Waals surface area contributed by atoms with Crippen molar-refractivity contribution in [2.75, 3.05) is 0 Å². The van der Waals surface area contributed by atoms with Crippen LogP contribution in [0.1, 0.15) is 19.4 Å². The first-order chi connectivity index (χ1) is 13.3. The molecule has 0 bridgehead atoms. The fourth-order valence-electron chi connectivity index (χ4n) is 3.61. The van der Waals surface area contributed by atoms with Crippen molar-refractivity contribution in [2.45, 2.75) is 19.4 Å². The van der Waals surface area contributed by atoms with Crippen LogP contribution in [0.25, 0.3) is 22.0 Å². The second-order valence-electron chi connectivity index (χ2n) is 7.02. The third kappa shape index (κ3) is 2.58. The zero-order valence-electron chi connectivity index (χ0n) is 15.2. The fourth-order valence-corrected chi connectivity index (χ4v) is 3.61. The summed E-state index contributed by atoms with van der Waals surface area (Å²) in [6.07, 6.45) is -0.882. The normalized spacial score (nSPS) is 19.1. The van der Waals surface area contributed by atoms with E-state index in [1.165, 1.54) is 12.1 Å². The number of halogens is 1. The number of ether oxygens (including phenoxy) is 1. The highest BCUT2D eigenvalue weighted by atomic mass is 19.1. The number of nitrogens with one attached hydrogen (secondary N) is 2. The average molecular weight is 380 g/mol. The van der Waals surface area contributed by atoms with E-state index in [9.17, 15) is 18.8 Å². The van der Waals surface area contributed by atoms with Gasteiger partial charge in [-0.3, -0.25) is 14.9 Å². The molecule has 0 spiro atoms. The number of fused-ring (bicyclic) bond motifs is 1. The Labute approximate surface area is 159 Å². The molecule has 2 heterocycles. The van der Waals surface area contributed by atoms with E-state index in [1.807, 2.05) is 0 Å². The highest BCUT2D eigenvalue weighted by Crippen LogP contribution is 2.36. The summed E-state index contributed by atoms with van der Waals surface area (Å²) >= 11 is 0. The molecule has 4 rings (SSSR count). The van der Waals surface area contributed by atoms with E-state index in [2.05, 4.69) is 10.3 Å². The number of benzene rings is 2. The number of carbonyl (C=O) groups excluding carboxylic acids is 2. The predicted molar refractivity (Wildman–Crippen MR) is 101 cm³/mol. The second-order valence-corrected chi connectivity index (χ2v) is 7.02. The number of alkyl carbamates (subject to hydrolysis) is 1. The average Bonchev–Trinajstić information content (AvgIpc) is 2.96. The predicted octanol–water partition coefficient (Wildman–Crippen LogP) is 3.45. The van der Waals surface area contributed by atoms with Gasteiger partial charge in [0.15, 0.2) is 0 Å². The van der Waals surface area contributed by atoms with Crippen LogP contribution in [0.2, 0.25) is 0 Å². The summed E-state index contributed by atoms with van der Waals surface area (Å²) in [7, 11) is 0. The number of carbonyl (C=O) groups is 2. The van der Waals surface area contributed by atoms with Crippen LogP contribution in [0.4, 0.5) is 9.18 Å². The molecule has 1 fully saturated rings. The molecule has 142 valence electrons. The molecule has 28 heavy (non-hydrogen) atoms. The van der Waals surface area contributed by atoms with Gasteiger partial charge in [-0.15, -0.1) is 0 Å². The lowest BCUT2D eigenvalue weighted by Crippen LogP contribution is -2.45. The molecule has 6 nitrogen and oxygen atoms in total. The van der Waals surface area contributed by atoms with Crippen molar-refractivity contribution < 1.29 is 18.7 Å². The maximum atomic E-state index is 14.1.